The summed E-state index contributed by atoms with van der Waals surface area (Å²) in [6, 6.07) is 0. The average molecular weight is 214 g/mol. The monoisotopic (exact) mass is 214 g/mol. The Balaban J connectivity index is 1.74. The molecule has 1 fully saturated rings. The van der Waals surface area contributed by atoms with Gasteiger partial charge in [0.25, 0.3) is 0 Å². The molecule has 1 atom stereocenters. The van der Waals surface area contributed by atoms with E-state index in [1.165, 1.54) is 12.8 Å². The number of ether oxygens (including phenoxy) is 1. The van der Waals surface area contributed by atoms with Crippen molar-refractivity contribution >= 4 is 0 Å². The van der Waals surface area contributed by atoms with Crippen molar-refractivity contribution in [2.24, 2.45) is 11.8 Å². The minimum absolute atomic E-state index is 0.702. The van der Waals surface area contributed by atoms with E-state index in [0.29, 0.717) is 5.92 Å². The molecule has 1 aliphatic rings. The first-order valence-electron chi connectivity index (χ1n) is 6.32. The molecule has 15 heavy (non-hydrogen) atoms. The lowest BCUT2D eigenvalue weighted by Gasteiger charge is -2.12. The van der Waals surface area contributed by atoms with E-state index in [0.717, 1.165) is 45.3 Å². The van der Waals surface area contributed by atoms with Gasteiger partial charge in [0.05, 0.1) is 6.61 Å². The summed E-state index contributed by atoms with van der Waals surface area (Å²) in [5, 5.41) is 6.78. The van der Waals surface area contributed by atoms with Crippen LogP contribution in [0.2, 0.25) is 0 Å². The summed E-state index contributed by atoms with van der Waals surface area (Å²) < 4.78 is 5.54. The Morgan fingerprint density at radius 2 is 2.00 bits per heavy atom. The molecule has 0 radical (unpaired) electrons. The van der Waals surface area contributed by atoms with Crippen molar-refractivity contribution in [2.45, 2.75) is 26.7 Å². The normalized spacial score (nSPS) is 18.0. The highest BCUT2D eigenvalue weighted by Crippen LogP contribution is 2.28. The van der Waals surface area contributed by atoms with Crippen LogP contribution in [-0.4, -0.2) is 39.4 Å². The molecule has 3 nitrogen and oxygen atoms in total. The van der Waals surface area contributed by atoms with E-state index in [2.05, 4.69) is 24.5 Å². The van der Waals surface area contributed by atoms with Crippen molar-refractivity contribution in [3.8, 4) is 0 Å². The molecule has 0 bridgehead atoms. The second kappa shape index (κ2) is 8.08. The molecule has 2 N–H and O–H groups in total. The first-order chi connectivity index (χ1) is 7.33. The molecular formula is C12H26N2O. The summed E-state index contributed by atoms with van der Waals surface area (Å²) in [7, 11) is 0. The van der Waals surface area contributed by atoms with Gasteiger partial charge in [-0.25, -0.2) is 0 Å². The highest BCUT2D eigenvalue weighted by atomic mass is 16.5. The van der Waals surface area contributed by atoms with Crippen LogP contribution < -0.4 is 10.6 Å². The summed E-state index contributed by atoms with van der Waals surface area (Å²) in [6.07, 6.45) is 2.76. The predicted molar refractivity (Wildman–Crippen MR) is 64.1 cm³/mol. The summed E-state index contributed by atoms with van der Waals surface area (Å²) in [5.74, 6) is 1.59. The maximum Gasteiger partial charge on any atom is 0.0591 e. The van der Waals surface area contributed by atoms with Gasteiger partial charge in [0.1, 0.15) is 0 Å². The molecule has 0 spiro atoms. The molecule has 0 aromatic carbocycles. The van der Waals surface area contributed by atoms with Gasteiger partial charge in [0.15, 0.2) is 0 Å². The molecule has 0 saturated heterocycles. The van der Waals surface area contributed by atoms with Crippen LogP contribution in [0, 0.1) is 11.8 Å². The second-order valence-corrected chi connectivity index (χ2v) is 4.64. The summed E-state index contributed by atoms with van der Waals surface area (Å²) in [5.41, 5.74) is 0. The predicted octanol–water partition coefficient (Wildman–Crippen LogP) is 1.25. The van der Waals surface area contributed by atoms with Crippen molar-refractivity contribution < 1.29 is 4.74 Å². The van der Waals surface area contributed by atoms with Gasteiger partial charge in [0, 0.05) is 13.2 Å². The van der Waals surface area contributed by atoms with Crippen molar-refractivity contribution in [3.05, 3.63) is 0 Å². The maximum absolute atomic E-state index is 5.54. The SMILES string of the molecule is CCNCC(C)CNCCOCC1CC1. The minimum Gasteiger partial charge on any atom is -0.380 e. The number of hydrogen-bond donors (Lipinski definition) is 2. The Labute approximate surface area is 94.0 Å². The Kier molecular flexibility index (Phi) is 6.98. The Hall–Kier alpha value is -0.120. The Morgan fingerprint density at radius 1 is 1.27 bits per heavy atom. The van der Waals surface area contributed by atoms with Gasteiger partial charge < -0.3 is 15.4 Å². The smallest absolute Gasteiger partial charge is 0.0591 e. The van der Waals surface area contributed by atoms with Crippen molar-refractivity contribution in [1.82, 2.24) is 10.6 Å². The minimum atomic E-state index is 0.702. The van der Waals surface area contributed by atoms with Crippen LogP contribution in [0.5, 0.6) is 0 Å². The first-order valence-corrected chi connectivity index (χ1v) is 6.32. The fourth-order valence-electron chi connectivity index (χ4n) is 1.49. The van der Waals surface area contributed by atoms with Crippen LogP contribution in [0.4, 0.5) is 0 Å². The van der Waals surface area contributed by atoms with Gasteiger partial charge in [-0.05, 0) is 44.3 Å². The zero-order valence-electron chi connectivity index (χ0n) is 10.2. The molecule has 0 aromatic heterocycles. The van der Waals surface area contributed by atoms with Gasteiger partial charge >= 0.3 is 0 Å². The van der Waals surface area contributed by atoms with Gasteiger partial charge in [0.2, 0.25) is 0 Å². The van der Waals surface area contributed by atoms with Gasteiger partial charge in [-0.15, -0.1) is 0 Å². The molecular weight excluding hydrogens is 188 g/mol. The lowest BCUT2D eigenvalue weighted by Crippen LogP contribution is -2.31. The Morgan fingerprint density at radius 3 is 2.67 bits per heavy atom. The quantitative estimate of drug-likeness (QED) is 0.537. The molecule has 1 rings (SSSR count). The van der Waals surface area contributed by atoms with Gasteiger partial charge in [-0.1, -0.05) is 13.8 Å². The zero-order valence-corrected chi connectivity index (χ0v) is 10.2. The van der Waals surface area contributed by atoms with Crippen LogP contribution >= 0.6 is 0 Å². The average Bonchev–Trinajstić information content (AvgIpc) is 3.04. The summed E-state index contributed by atoms with van der Waals surface area (Å²) >= 11 is 0. The van der Waals surface area contributed by atoms with Gasteiger partial charge in [-0.3, -0.25) is 0 Å². The zero-order chi connectivity index (χ0) is 10.9. The number of rotatable bonds is 10. The molecule has 0 amide bonds. The molecule has 0 heterocycles. The third-order valence-corrected chi connectivity index (χ3v) is 2.71. The van der Waals surface area contributed by atoms with E-state index in [1.807, 2.05) is 0 Å². The molecule has 0 aromatic rings. The van der Waals surface area contributed by atoms with E-state index in [4.69, 9.17) is 4.74 Å². The van der Waals surface area contributed by atoms with Crippen LogP contribution in [0.25, 0.3) is 0 Å². The number of hydrogen-bond acceptors (Lipinski definition) is 3. The number of nitrogens with one attached hydrogen (secondary N) is 2. The lowest BCUT2D eigenvalue weighted by atomic mass is 10.2. The summed E-state index contributed by atoms with van der Waals surface area (Å²) in [6.45, 7) is 10.5. The summed E-state index contributed by atoms with van der Waals surface area (Å²) in [4.78, 5) is 0. The standard InChI is InChI=1S/C12H26N2O/c1-3-13-8-11(2)9-14-6-7-15-10-12-4-5-12/h11-14H,3-10H2,1-2H3. The third kappa shape index (κ3) is 7.77. The Bertz CT molecular complexity index is 149. The van der Waals surface area contributed by atoms with Crippen LogP contribution in [0.15, 0.2) is 0 Å². The van der Waals surface area contributed by atoms with E-state index < -0.39 is 0 Å². The molecule has 0 aliphatic heterocycles. The van der Waals surface area contributed by atoms with Crippen LogP contribution in [0.3, 0.4) is 0 Å². The van der Waals surface area contributed by atoms with Crippen molar-refractivity contribution in [2.75, 3.05) is 39.4 Å². The van der Waals surface area contributed by atoms with Crippen molar-refractivity contribution in [1.29, 1.82) is 0 Å². The van der Waals surface area contributed by atoms with Crippen LogP contribution in [-0.2, 0) is 4.74 Å². The fraction of sp³-hybridized carbons (Fsp3) is 1.00. The second-order valence-electron chi connectivity index (χ2n) is 4.64. The van der Waals surface area contributed by atoms with E-state index in [1.54, 1.807) is 0 Å². The lowest BCUT2D eigenvalue weighted by molar-refractivity contribution is 0.125. The molecule has 1 aliphatic carbocycles. The molecule has 90 valence electrons. The first kappa shape index (κ1) is 12.9. The molecule has 1 saturated carbocycles. The maximum atomic E-state index is 5.54. The highest BCUT2D eigenvalue weighted by Gasteiger charge is 2.20. The highest BCUT2D eigenvalue weighted by molar-refractivity contribution is 4.72. The largest absolute Gasteiger partial charge is 0.380 e. The molecule has 3 heteroatoms. The van der Waals surface area contributed by atoms with Crippen molar-refractivity contribution in [3.63, 3.8) is 0 Å². The van der Waals surface area contributed by atoms with E-state index in [-0.39, 0.29) is 0 Å². The van der Waals surface area contributed by atoms with E-state index in [9.17, 15) is 0 Å². The van der Waals surface area contributed by atoms with E-state index >= 15 is 0 Å². The van der Waals surface area contributed by atoms with Crippen LogP contribution in [0.1, 0.15) is 26.7 Å². The fourth-order valence-corrected chi connectivity index (χ4v) is 1.49. The third-order valence-electron chi connectivity index (χ3n) is 2.71. The molecule has 1 unspecified atom stereocenters. The topological polar surface area (TPSA) is 33.3 Å². The van der Waals surface area contributed by atoms with Gasteiger partial charge in [-0.2, -0.15) is 0 Å².